The Kier molecular flexibility index (Phi) is 5.43. The maximum atomic E-state index is 13.0. The third kappa shape index (κ3) is 4.34. The van der Waals surface area contributed by atoms with Gasteiger partial charge < -0.3 is 14.5 Å². The number of thiazole rings is 1. The fourth-order valence-electron chi connectivity index (χ4n) is 2.15. The van der Waals surface area contributed by atoms with E-state index in [1.807, 2.05) is 0 Å². The Balaban J connectivity index is 1.57. The molecule has 0 saturated heterocycles. The second-order valence-corrected chi connectivity index (χ2v) is 6.37. The molecule has 2 heterocycles. The van der Waals surface area contributed by atoms with E-state index < -0.39 is 18.5 Å². The summed E-state index contributed by atoms with van der Waals surface area (Å²) in [6.07, 6.45) is 1.51. The highest BCUT2D eigenvalue weighted by Crippen LogP contribution is 2.28. The van der Waals surface area contributed by atoms with Gasteiger partial charge in [0.25, 0.3) is 5.91 Å². The first kappa shape index (κ1) is 17.8. The number of halogens is 1. The zero-order valence-electron chi connectivity index (χ0n) is 13.8. The van der Waals surface area contributed by atoms with Crippen LogP contribution in [0.2, 0.25) is 0 Å². The van der Waals surface area contributed by atoms with Crippen molar-refractivity contribution in [3.8, 4) is 10.6 Å². The Morgan fingerprint density at radius 1 is 1.27 bits per heavy atom. The van der Waals surface area contributed by atoms with E-state index in [-0.39, 0.29) is 12.4 Å². The minimum absolute atomic E-state index is 0.220. The zero-order valence-corrected chi connectivity index (χ0v) is 14.6. The molecule has 1 amide bonds. The predicted octanol–water partition coefficient (Wildman–Crippen LogP) is 3.32. The van der Waals surface area contributed by atoms with E-state index in [0.29, 0.717) is 26.9 Å². The third-order valence-corrected chi connectivity index (χ3v) is 4.63. The highest BCUT2D eigenvalue weighted by atomic mass is 32.1. The lowest BCUT2D eigenvalue weighted by Crippen LogP contribution is -2.28. The monoisotopic (exact) mass is 374 g/mol. The molecule has 0 saturated carbocycles. The number of ether oxygens (including phenoxy) is 1. The van der Waals surface area contributed by atoms with Crippen LogP contribution in [-0.2, 0) is 16.1 Å². The van der Waals surface area contributed by atoms with Crippen molar-refractivity contribution in [2.24, 2.45) is 0 Å². The van der Waals surface area contributed by atoms with E-state index in [0.717, 1.165) is 11.3 Å². The molecule has 0 aliphatic rings. The summed E-state index contributed by atoms with van der Waals surface area (Å²) in [5.41, 5.74) is 1.20. The molecule has 0 atom stereocenters. The van der Waals surface area contributed by atoms with Crippen molar-refractivity contribution in [2.75, 3.05) is 6.61 Å². The summed E-state index contributed by atoms with van der Waals surface area (Å²) in [7, 11) is 0. The number of aromatic nitrogens is 1. The van der Waals surface area contributed by atoms with Gasteiger partial charge in [0.1, 0.15) is 21.5 Å². The second-order valence-electron chi connectivity index (χ2n) is 5.37. The van der Waals surface area contributed by atoms with Gasteiger partial charge in [-0.05, 0) is 43.3 Å². The number of rotatable bonds is 6. The molecule has 1 aromatic carbocycles. The molecule has 0 aliphatic heterocycles. The van der Waals surface area contributed by atoms with Crippen molar-refractivity contribution in [2.45, 2.75) is 13.5 Å². The van der Waals surface area contributed by atoms with Crippen LogP contribution >= 0.6 is 11.3 Å². The van der Waals surface area contributed by atoms with E-state index >= 15 is 0 Å². The Morgan fingerprint density at radius 2 is 2.04 bits per heavy atom. The average molecular weight is 374 g/mol. The highest BCUT2D eigenvalue weighted by Gasteiger charge is 2.18. The molecule has 8 heteroatoms. The molecule has 0 spiro atoms. The third-order valence-electron chi connectivity index (χ3n) is 3.45. The summed E-state index contributed by atoms with van der Waals surface area (Å²) >= 11 is 1.13. The number of hydrogen-bond acceptors (Lipinski definition) is 6. The molecule has 0 bridgehead atoms. The number of hydrogen-bond donors (Lipinski definition) is 1. The number of carbonyl (C=O) groups excluding carboxylic acids is 2. The topological polar surface area (TPSA) is 81.4 Å². The van der Waals surface area contributed by atoms with E-state index in [2.05, 4.69) is 10.3 Å². The summed E-state index contributed by atoms with van der Waals surface area (Å²) < 4.78 is 23.1. The number of benzene rings is 1. The standard InChI is InChI=1S/C18H15FN2O4S/c1-11-16(26-17(21-11)12-4-6-13(19)7-5-12)18(23)25-10-15(22)20-9-14-3-2-8-24-14/h2-8H,9-10H2,1H3,(H,20,22). The molecule has 0 fully saturated rings. The van der Waals surface area contributed by atoms with Gasteiger partial charge in [-0.3, -0.25) is 4.79 Å². The molecule has 3 rings (SSSR count). The van der Waals surface area contributed by atoms with Crippen molar-refractivity contribution in [3.05, 3.63) is 64.8 Å². The highest BCUT2D eigenvalue weighted by molar-refractivity contribution is 7.17. The van der Waals surface area contributed by atoms with Gasteiger partial charge in [-0.1, -0.05) is 0 Å². The summed E-state index contributed by atoms with van der Waals surface area (Å²) in [5, 5.41) is 3.17. The lowest BCUT2D eigenvalue weighted by Gasteiger charge is -2.04. The molecule has 0 unspecified atom stereocenters. The van der Waals surface area contributed by atoms with Gasteiger partial charge in [0.15, 0.2) is 6.61 Å². The number of esters is 1. The average Bonchev–Trinajstić information content (AvgIpc) is 3.28. The molecule has 2 aromatic heterocycles. The van der Waals surface area contributed by atoms with Crippen LogP contribution in [0.5, 0.6) is 0 Å². The fraction of sp³-hybridized carbons (Fsp3) is 0.167. The van der Waals surface area contributed by atoms with E-state index in [1.54, 1.807) is 31.2 Å². The summed E-state index contributed by atoms with van der Waals surface area (Å²) in [5.74, 6) is -0.800. The maximum Gasteiger partial charge on any atom is 0.350 e. The van der Waals surface area contributed by atoms with E-state index in [1.165, 1.54) is 18.4 Å². The van der Waals surface area contributed by atoms with Gasteiger partial charge in [-0.2, -0.15) is 0 Å². The van der Waals surface area contributed by atoms with Gasteiger partial charge >= 0.3 is 5.97 Å². The first-order valence-corrected chi connectivity index (χ1v) is 8.54. The van der Waals surface area contributed by atoms with Crippen LogP contribution in [0, 0.1) is 12.7 Å². The number of aryl methyl sites for hydroxylation is 1. The summed E-state index contributed by atoms with van der Waals surface area (Å²) in [4.78, 5) is 28.6. The van der Waals surface area contributed by atoms with Crippen LogP contribution in [0.1, 0.15) is 21.1 Å². The first-order valence-electron chi connectivity index (χ1n) is 7.72. The number of nitrogens with one attached hydrogen (secondary N) is 1. The first-order chi connectivity index (χ1) is 12.5. The molecule has 134 valence electrons. The van der Waals surface area contributed by atoms with Crippen molar-refractivity contribution in [1.82, 2.24) is 10.3 Å². The Morgan fingerprint density at radius 3 is 2.73 bits per heavy atom. The van der Waals surface area contributed by atoms with Crippen LogP contribution < -0.4 is 5.32 Å². The molecular weight excluding hydrogens is 359 g/mol. The van der Waals surface area contributed by atoms with Crippen molar-refractivity contribution >= 4 is 23.2 Å². The number of carbonyl (C=O) groups is 2. The quantitative estimate of drug-likeness (QED) is 0.670. The Bertz CT molecular complexity index is 904. The molecule has 6 nitrogen and oxygen atoms in total. The zero-order chi connectivity index (χ0) is 18.5. The molecule has 26 heavy (non-hydrogen) atoms. The molecule has 0 radical (unpaired) electrons. The van der Waals surface area contributed by atoms with Gasteiger partial charge in [0, 0.05) is 5.56 Å². The Labute approximate surface area is 152 Å². The SMILES string of the molecule is Cc1nc(-c2ccc(F)cc2)sc1C(=O)OCC(=O)NCc1ccco1. The largest absolute Gasteiger partial charge is 0.467 e. The summed E-state index contributed by atoms with van der Waals surface area (Å²) in [6.45, 7) is 1.50. The second kappa shape index (κ2) is 7.92. The Hall–Kier alpha value is -3.00. The molecule has 1 N–H and O–H groups in total. The smallest absolute Gasteiger partial charge is 0.350 e. The maximum absolute atomic E-state index is 13.0. The van der Waals surface area contributed by atoms with Gasteiger partial charge in [0.2, 0.25) is 0 Å². The number of amides is 1. The van der Waals surface area contributed by atoms with Crippen LogP contribution in [0.3, 0.4) is 0 Å². The molecular formula is C18H15FN2O4S. The minimum atomic E-state index is -0.624. The van der Waals surface area contributed by atoms with Crippen LogP contribution in [0.15, 0.2) is 47.1 Å². The fourth-order valence-corrected chi connectivity index (χ4v) is 3.11. The lowest BCUT2D eigenvalue weighted by atomic mass is 10.2. The number of furan rings is 1. The van der Waals surface area contributed by atoms with Crippen LogP contribution in [0.4, 0.5) is 4.39 Å². The summed E-state index contributed by atoms with van der Waals surface area (Å²) in [6, 6.07) is 9.27. The molecule has 0 aliphatic carbocycles. The van der Waals surface area contributed by atoms with E-state index in [9.17, 15) is 14.0 Å². The lowest BCUT2D eigenvalue weighted by molar-refractivity contribution is -0.124. The van der Waals surface area contributed by atoms with Gasteiger partial charge in [0.05, 0.1) is 18.5 Å². The van der Waals surface area contributed by atoms with Crippen molar-refractivity contribution in [3.63, 3.8) is 0 Å². The minimum Gasteiger partial charge on any atom is -0.467 e. The number of nitrogens with zero attached hydrogens (tertiary/aromatic N) is 1. The molecule has 3 aromatic rings. The predicted molar refractivity (Wildman–Crippen MR) is 93.1 cm³/mol. The van der Waals surface area contributed by atoms with Gasteiger partial charge in [-0.25, -0.2) is 14.2 Å². The van der Waals surface area contributed by atoms with E-state index in [4.69, 9.17) is 9.15 Å². The normalized spacial score (nSPS) is 10.5. The van der Waals surface area contributed by atoms with Crippen molar-refractivity contribution in [1.29, 1.82) is 0 Å². The van der Waals surface area contributed by atoms with Crippen molar-refractivity contribution < 1.29 is 23.1 Å². The van der Waals surface area contributed by atoms with Crippen LogP contribution in [-0.4, -0.2) is 23.5 Å². The van der Waals surface area contributed by atoms with Crippen LogP contribution in [0.25, 0.3) is 10.6 Å². The van der Waals surface area contributed by atoms with Gasteiger partial charge in [-0.15, -0.1) is 11.3 Å².